The van der Waals surface area contributed by atoms with Gasteiger partial charge in [-0.1, -0.05) is 5.16 Å². The Morgan fingerprint density at radius 2 is 2.36 bits per heavy atom. The highest BCUT2D eigenvalue weighted by Gasteiger charge is 2.28. The van der Waals surface area contributed by atoms with E-state index in [1.54, 1.807) is 20.8 Å². The number of carbonyl (C=O) groups is 1. The molecule has 1 aromatic rings. The molecule has 0 amide bonds. The van der Waals surface area contributed by atoms with Crippen LogP contribution in [0.15, 0.2) is 10.8 Å². The van der Waals surface area contributed by atoms with Gasteiger partial charge in [0, 0.05) is 0 Å². The van der Waals surface area contributed by atoms with Crippen LogP contribution >= 0.6 is 0 Å². The van der Waals surface area contributed by atoms with Crippen LogP contribution in [0.5, 0.6) is 0 Å². The van der Waals surface area contributed by atoms with E-state index in [1.165, 1.54) is 6.26 Å². The van der Waals surface area contributed by atoms with Crippen LogP contribution in [-0.2, 0) is 10.3 Å². The second kappa shape index (κ2) is 3.79. The Kier molecular flexibility index (Phi) is 2.90. The maximum absolute atomic E-state index is 11.3. The molecule has 0 aromatic carbocycles. The first-order chi connectivity index (χ1) is 6.46. The summed E-state index contributed by atoms with van der Waals surface area (Å²) < 4.78 is 9.38. The first kappa shape index (κ1) is 10.7. The molecule has 1 aromatic heterocycles. The van der Waals surface area contributed by atoms with Gasteiger partial charge in [0.15, 0.2) is 5.69 Å². The van der Waals surface area contributed by atoms with E-state index in [2.05, 4.69) is 9.68 Å². The van der Waals surface area contributed by atoms with Crippen molar-refractivity contribution in [3.05, 3.63) is 17.5 Å². The molecule has 5 heteroatoms. The van der Waals surface area contributed by atoms with Gasteiger partial charge in [0.2, 0.25) is 0 Å². The SMILES string of the molecule is CCOC(=O)c1nocc1C(C)(C)O. The van der Waals surface area contributed by atoms with Crippen molar-refractivity contribution in [2.45, 2.75) is 26.4 Å². The molecule has 0 spiro atoms. The maximum Gasteiger partial charge on any atom is 0.360 e. The van der Waals surface area contributed by atoms with Crippen LogP contribution in [0, 0.1) is 0 Å². The Morgan fingerprint density at radius 1 is 1.71 bits per heavy atom. The smallest absolute Gasteiger partial charge is 0.360 e. The zero-order chi connectivity index (χ0) is 10.8. The van der Waals surface area contributed by atoms with Crippen LogP contribution in [0.3, 0.4) is 0 Å². The van der Waals surface area contributed by atoms with Gasteiger partial charge >= 0.3 is 5.97 Å². The molecule has 0 saturated carbocycles. The molecule has 0 radical (unpaired) electrons. The zero-order valence-electron chi connectivity index (χ0n) is 8.40. The van der Waals surface area contributed by atoms with Gasteiger partial charge in [0.1, 0.15) is 6.26 Å². The highest BCUT2D eigenvalue weighted by molar-refractivity contribution is 5.88. The van der Waals surface area contributed by atoms with Gasteiger partial charge in [-0.3, -0.25) is 0 Å². The molecule has 0 aliphatic heterocycles. The normalized spacial score (nSPS) is 11.4. The van der Waals surface area contributed by atoms with Crippen LogP contribution in [-0.4, -0.2) is 22.8 Å². The Morgan fingerprint density at radius 3 is 2.86 bits per heavy atom. The van der Waals surface area contributed by atoms with Crippen molar-refractivity contribution >= 4 is 5.97 Å². The molecule has 0 bridgehead atoms. The average Bonchev–Trinajstić information content (AvgIpc) is 2.50. The van der Waals surface area contributed by atoms with E-state index in [1.807, 2.05) is 0 Å². The molecule has 14 heavy (non-hydrogen) atoms. The fourth-order valence-corrected chi connectivity index (χ4v) is 1.02. The highest BCUT2D eigenvalue weighted by atomic mass is 16.5. The standard InChI is InChI=1S/C9H13NO4/c1-4-13-8(11)7-6(5-14-10-7)9(2,3)12/h5,12H,4H2,1-3H3. The summed E-state index contributed by atoms with van der Waals surface area (Å²) in [4.78, 5) is 11.3. The molecule has 0 atom stereocenters. The first-order valence-corrected chi connectivity index (χ1v) is 4.31. The van der Waals surface area contributed by atoms with E-state index in [4.69, 9.17) is 4.74 Å². The highest BCUT2D eigenvalue weighted by Crippen LogP contribution is 2.23. The lowest BCUT2D eigenvalue weighted by Crippen LogP contribution is -2.20. The molecule has 0 saturated heterocycles. The van der Waals surface area contributed by atoms with Gasteiger partial charge in [-0.15, -0.1) is 0 Å². The van der Waals surface area contributed by atoms with Gasteiger partial charge in [-0.25, -0.2) is 4.79 Å². The summed E-state index contributed by atoms with van der Waals surface area (Å²) >= 11 is 0. The molecule has 78 valence electrons. The van der Waals surface area contributed by atoms with Crippen molar-refractivity contribution in [1.29, 1.82) is 0 Å². The molecule has 1 N–H and O–H groups in total. The lowest BCUT2D eigenvalue weighted by atomic mass is 9.99. The summed E-state index contributed by atoms with van der Waals surface area (Å²) in [6.07, 6.45) is 1.24. The van der Waals surface area contributed by atoms with Crippen molar-refractivity contribution in [3.63, 3.8) is 0 Å². The number of aromatic nitrogens is 1. The largest absolute Gasteiger partial charge is 0.461 e. The molecule has 5 nitrogen and oxygen atoms in total. The number of hydrogen-bond acceptors (Lipinski definition) is 5. The molecular formula is C9H13NO4. The molecule has 1 rings (SSSR count). The van der Waals surface area contributed by atoms with Gasteiger partial charge in [-0.05, 0) is 20.8 Å². The van der Waals surface area contributed by atoms with E-state index in [9.17, 15) is 9.90 Å². The van der Waals surface area contributed by atoms with Crippen LogP contribution in [0.1, 0.15) is 36.8 Å². The van der Waals surface area contributed by atoms with E-state index < -0.39 is 11.6 Å². The Bertz CT molecular complexity index is 324. The minimum atomic E-state index is -1.16. The minimum absolute atomic E-state index is 0.0272. The lowest BCUT2D eigenvalue weighted by molar-refractivity contribution is 0.0481. The van der Waals surface area contributed by atoms with E-state index >= 15 is 0 Å². The molecular weight excluding hydrogens is 186 g/mol. The van der Waals surface area contributed by atoms with Crippen LogP contribution in [0.4, 0.5) is 0 Å². The quantitative estimate of drug-likeness (QED) is 0.737. The predicted molar refractivity (Wildman–Crippen MR) is 47.7 cm³/mol. The third-order valence-electron chi connectivity index (χ3n) is 1.70. The molecule has 0 aliphatic carbocycles. The molecule has 0 aliphatic rings. The second-order valence-electron chi connectivity index (χ2n) is 3.36. The summed E-state index contributed by atoms with van der Waals surface area (Å²) in [7, 11) is 0. The molecule has 1 heterocycles. The lowest BCUT2D eigenvalue weighted by Gasteiger charge is -2.15. The number of aliphatic hydroxyl groups is 1. The number of rotatable bonds is 3. The third kappa shape index (κ3) is 2.11. The number of nitrogens with zero attached hydrogens (tertiary/aromatic N) is 1. The fraction of sp³-hybridized carbons (Fsp3) is 0.556. The Labute approximate surface area is 81.7 Å². The van der Waals surface area contributed by atoms with E-state index in [0.717, 1.165) is 0 Å². The fourth-order valence-electron chi connectivity index (χ4n) is 1.02. The van der Waals surface area contributed by atoms with Crippen molar-refractivity contribution < 1.29 is 19.2 Å². The average molecular weight is 199 g/mol. The zero-order valence-corrected chi connectivity index (χ0v) is 8.40. The van der Waals surface area contributed by atoms with Crippen LogP contribution in [0.25, 0.3) is 0 Å². The Balaban J connectivity index is 2.99. The Hall–Kier alpha value is -1.36. The monoisotopic (exact) mass is 199 g/mol. The summed E-state index contributed by atoms with van der Waals surface area (Å²) in [6, 6.07) is 0. The molecule has 0 fully saturated rings. The van der Waals surface area contributed by atoms with Crippen molar-refractivity contribution in [2.24, 2.45) is 0 Å². The van der Waals surface area contributed by atoms with Gasteiger partial charge in [0.25, 0.3) is 0 Å². The summed E-state index contributed by atoms with van der Waals surface area (Å²) in [5.74, 6) is -0.585. The number of hydrogen-bond donors (Lipinski definition) is 1. The van der Waals surface area contributed by atoms with E-state index in [-0.39, 0.29) is 12.3 Å². The predicted octanol–water partition coefficient (Wildman–Crippen LogP) is 1.08. The van der Waals surface area contributed by atoms with Crippen molar-refractivity contribution in [1.82, 2.24) is 5.16 Å². The summed E-state index contributed by atoms with van der Waals surface area (Å²) in [5.41, 5.74) is -0.808. The molecule has 0 unspecified atom stereocenters. The number of ether oxygens (including phenoxy) is 1. The van der Waals surface area contributed by atoms with Crippen molar-refractivity contribution in [3.8, 4) is 0 Å². The summed E-state index contributed by atoms with van der Waals surface area (Å²) in [5, 5.41) is 13.2. The van der Waals surface area contributed by atoms with Crippen LogP contribution < -0.4 is 0 Å². The second-order valence-corrected chi connectivity index (χ2v) is 3.36. The van der Waals surface area contributed by atoms with E-state index in [0.29, 0.717) is 5.56 Å². The minimum Gasteiger partial charge on any atom is -0.461 e. The number of esters is 1. The topological polar surface area (TPSA) is 72.6 Å². The van der Waals surface area contributed by atoms with Gasteiger partial charge < -0.3 is 14.4 Å². The maximum atomic E-state index is 11.3. The third-order valence-corrected chi connectivity index (χ3v) is 1.70. The van der Waals surface area contributed by atoms with Gasteiger partial charge in [0.05, 0.1) is 17.8 Å². The first-order valence-electron chi connectivity index (χ1n) is 4.31. The van der Waals surface area contributed by atoms with Crippen molar-refractivity contribution in [2.75, 3.05) is 6.61 Å². The number of carbonyl (C=O) groups excluding carboxylic acids is 1. The van der Waals surface area contributed by atoms with Crippen LogP contribution in [0.2, 0.25) is 0 Å². The summed E-state index contributed by atoms with van der Waals surface area (Å²) in [6.45, 7) is 5.04. The van der Waals surface area contributed by atoms with Gasteiger partial charge in [-0.2, -0.15) is 0 Å².